The Balaban J connectivity index is 1.57. The van der Waals surface area contributed by atoms with Crippen molar-refractivity contribution < 1.29 is 19.2 Å². The Hall–Kier alpha value is -3.62. The van der Waals surface area contributed by atoms with Crippen LogP contribution in [0.2, 0.25) is 0 Å². The molecule has 1 saturated heterocycles. The molecule has 1 heterocycles. The van der Waals surface area contributed by atoms with Crippen LogP contribution in [0, 0.1) is 10.1 Å². The van der Waals surface area contributed by atoms with E-state index < -0.39 is 10.8 Å². The van der Waals surface area contributed by atoms with E-state index in [1.165, 1.54) is 25.3 Å². The van der Waals surface area contributed by atoms with E-state index in [4.69, 9.17) is 4.74 Å². The number of urea groups is 1. The van der Waals surface area contributed by atoms with Crippen LogP contribution >= 0.6 is 0 Å². The van der Waals surface area contributed by atoms with Crippen LogP contribution < -0.4 is 15.4 Å². The second kappa shape index (κ2) is 9.05. The molecule has 9 nitrogen and oxygen atoms in total. The first-order valence-corrected chi connectivity index (χ1v) is 9.22. The van der Waals surface area contributed by atoms with Crippen molar-refractivity contribution in [2.45, 2.75) is 18.9 Å². The Bertz CT molecular complexity index is 895. The first-order chi connectivity index (χ1) is 14.0. The van der Waals surface area contributed by atoms with Gasteiger partial charge in [0.25, 0.3) is 11.6 Å². The quantitative estimate of drug-likeness (QED) is 0.594. The standard InChI is InChI=1S/C20H22N4O5/c1-29-16-7-8-18(24(27)28)17(13-16)19(25)21-15-9-11-23(12-10-15)20(26)22-14-5-3-2-4-6-14/h2-8,13,15H,9-12H2,1H3,(H,21,25)(H,22,26). The number of carbonyl (C=O) groups excluding carboxylic acids is 2. The number of piperidine rings is 1. The zero-order valence-electron chi connectivity index (χ0n) is 16.0. The van der Waals surface area contributed by atoms with Crippen molar-refractivity contribution in [3.8, 4) is 5.75 Å². The van der Waals surface area contributed by atoms with E-state index in [2.05, 4.69) is 10.6 Å². The van der Waals surface area contributed by atoms with Crippen LogP contribution in [0.5, 0.6) is 5.75 Å². The number of benzene rings is 2. The maximum absolute atomic E-state index is 12.6. The van der Waals surface area contributed by atoms with Crippen molar-refractivity contribution in [3.63, 3.8) is 0 Å². The summed E-state index contributed by atoms with van der Waals surface area (Å²) in [4.78, 5) is 37.3. The molecule has 0 saturated carbocycles. The normalized spacial score (nSPS) is 14.2. The lowest BCUT2D eigenvalue weighted by atomic mass is 10.0. The highest BCUT2D eigenvalue weighted by Gasteiger charge is 2.27. The number of hydrogen-bond donors (Lipinski definition) is 2. The molecule has 0 bridgehead atoms. The van der Waals surface area contributed by atoms with Gasteiger partial charge in [0.05, 0.1) is 12.0 Å². The number of amides is 3. The molecule has 3 rings (SSSR count). The number of para-hydroxylation sites is 1. The number of likely N-dealkylation sites (tertiary alicyclic amines) is 1. The van der Waals surface area contributed by atoms with E-state index in [0.29, 0.717) is 31.7 Å². The number of hydrogen-bond acceptors (Lipinski definition) is 5. The summed E-state index contributed by atoms with van der Waals surface area (Å²) in [6.45, 7) is 0.952. The lowest BCUT2D eigenvalue weighted by molar-refractivity contribution is -0.385. The SMILES string of the molecule is COc1ccc([N+](=O)[O-])c(C(=O)NC2CCN(C(=O)Nc3ccccc3)CC2)c1. The van der Waals surface area contributed by atoms with Crippen LogP contribution in [-0.4, -0.2) is 48.0 Å². The Kier molecular flexibility index (Phi) is 6.28. The molecule has 0 aromatic heterocycles. The average Bonchev–Trinajstić information content (AvgIpc) is 2.74. The van der Waals surface area contributed by atoms with Crippen LogP contribution in [0.3, 0.4) is 0 Å². The summed E-state index contributed by atoms with van der Waals surface area (Å²) in [5, 5.41) is 16.9. The van der Waals surface area contributed by atoms with Crippen molar-refractivity contribution in [1.29, 1.82) is 0 Å². The van der Waals surface area contributed by atoms with Crippen LogP contribution in [-0.2, 0) is 0 Å². The molecule has 29 heavy (non-hydrogen) atoms. The first-order valence-electron chi connectivity index (χ1n) is 9.22. The average molecular weight is 398 g/mol. The van der Waals surface area contributed by atoms with Crippen LogP contribution in [0.1, 0.15) is 23.2 Å². The van der Waals surface area contributed by atoms with Gasteiger partial charge in [0.1, 0.15) is 11.3 Å². The number of anilines is 1. The topological polar surface area (TPSA) is 114 Å². The van der Waals surface area contributed by atoms with Gasteiger partial charge in [-0.15, -0.1) is 0 Å². The number of nitrogens with one attached hydrogen (secondary N) is 2. The molecule has 152 valence electrons. The number of nitrogens with zero attached hydrogens (tertiary/aromatic N) is 2. The second-order valence-electron chi connectivity index (χ2n) is 6.67. The number of carbonyl (C=O) groups is 2. The summed E-state index contributed by atoms with van der Waals surface area (Å²) in [5.41, 5.74) is 0.403. The second-order valence-corrected chi connectivity index (χ2v) is 6.67. The number of ether oxygens (including phenoxy) is 1. The third-order valence-corrected chi connectivity index (χ3v) is 4.79. The zero-order valence-corrected chi connectivity index (χ0v) is 16.0. The minimum atomic E-state index is -0.592. The molecule has 0 spiro atoms. The van der Waals surface area contributed by atoms with Crippen molar-refractivity contribution in [2.24, 2.45) is 0 Å². The van der Waals surface area contributed by atoms with Crippen LogP contribution in [0.25, 0.3) is 0 Å². The summed E-state index contributed by atoms with van der Waals surface area (Å²) in [7, 11) is 1.43. The van der Waals surface area contributed by atoms with Crippen molar-refractivity contribution in [1.82, 2.24) is 10.2 Å². The molecule has 2 aromatic carbocycles. The molecular weight excluding hydrogens is 376 g/mol. The molecule has 9 heteroatoms. The maximum Gasteiger partial charge on any atom is 0.321 e. The van der Waals surface area contributed by atoms with Crippen molar-refractivity contribution in [3.05, 3.63) is 64.2 Å². The molecule has 0 aliphatic carbocycles. The number of rotatable bonds is 5. The lowest BCUT2D eigenvalue weighted by Gasteiger charge is -2.32. The molecule has 0 unspecified atom stereocenters. The van der Waals surface area contributed by atoms with Gasteiger partial charge in [0.15, 0.2) is 0 Å². The summed E-state index contributed by atoms with van der Waals surface area (Å²) in [5.74, 6) is -0.157. The fourth-order valence-electron chi connectivity index (χ4n) is 3.20. The van der Waals surface area contributed by atoms with E-state index in [1.807, 2.05) is 30.3 Å². The zero-order chi connectivity index (χ0) is 20.8. The summed E-state index contributed by atoms with van der Waals surface area (Å²) < 4.78 is 5.07. The molecular formula is C20H22N4O5. The Morgan fingerprint density at radius 1 is 1.14 bits per heavy atom. The lowest BCUT2D eigenvalue weighted by Crippen LogP contribution is -2.47. The van der Waals surface area contributed by atoms with Gasteiger partial charge < -0.3 is 20.3 Å². The predicted molar refractivity (Wildman–Crippen MR) is 107 cm³/mol. The first kappa shape index (κ1) is 20.1. The van der Waals surface area contributed by atoms with Crippen LogP contribution in [0.15, 0.2) is 48.5 Å². The number of nitro benzene ring substituents is 1. The van der Waals surface area contributed by atoms with Gasteiger partial charge in [0, 0.05) is 30.9 Å². The van der Waals surface area contributed by atoms with E-state index >= 15 is 0 Å². The smallest absolute Gasteiger partial charge is 0.321 e. The van der Waals surface area contributed by atoms with E-state index in [9.17, 15) is 19.7 Å². The van der Waals surface area contributed by atoms with Gasteiger partial charge in [-0.25, -0.2) is 4.79 Å². The fourth-order valence-corrected chi connectivity index (χ4v) is 3.20. The molecule has 2 N–H and O–H groups in total. The van der Waals surface area contributed by atoms with Crippen molar-refractivity contribution >= 4 is 23.3 Å². The van der Waals surface area contributed by atoms with Gasteiger partial charge in [-0.05, 0) is 37.1 Å². The highest BCUT2D eigenvalue weighted by molar-refractivity contribution is 5.98. The monoisotopic (exact) mass is 398 g/mol. The third-order valence-electron chi connectivity index (χ3n) is 4.79. The minimum Gasteiger partial charge on any atom is -0.497 e. The van der Waals surface area contributed by atoms with Gasteiger partial charge in [-0.2, -0.15) is 0 Å². The fraction of sp³-hybridized carbons (Fsp3) is 0.300. The third kappa shape index (κ3) is 5.01. The number of nitro groups is 1. The van der Waals surface area contributed by atoms with Crippen LogP contribution in [0.4, 0.5) is 16.2 Å². The number of methoxy groups -OCH3 is 1. The minimum absolute atomic E-state index is 0.0430. The van der Waals surface area contributed by atoms with E-state index in [0.717, 1.165) is 5.69 Å². The molecule has 1 aliphatic rings. The summed E-state index contributed by atoms with van der Waals surface area (Å²) in [6.07, 6.45) is 1.12. The van der Waals surface area contributed by atoms with Crippen molar-refractivity contribution in [2.75, 3.05) is 25.5 Å². The predicted octanol–water partition coefficient (Wildman–Crippen LogP) is 3.03. The van der Waals surface area contributed by atoms with Gasteiger partial charge in [-0.3, -0.25) is 14.9 Å². The Morgan fingerprint density at radius 3 is 2.45 bits per heavy atom. The Morgan fingerprint density at radius 2 is 1.83 bits per heavy atom. The Labute approximate surface area is 167 Å². The van der Waals surface area contributed by atoms with Gasteiger partial charge in [-0.1, -0.05) is 18.2 Å². The van der Waals surface area contributed by atoms with Gasteiger partial charge in [0.2, 0.25) is 0 Å². The molecule has 3 amide bonds. The molecule has 0 radical (unpaired) electrons. The van der Waals surface area contributed by atoms with Gasteiger partial charge >= 0.3 is 6.03 Å². The summed E-state index contributed by atoms with van der Waals surface area (Å²) >= 11 is 0. The maximum atomic E-state index is 12.6. The summed E-state index contributed by atoms with van der Waals surface area (Å²) in [6, 6.07) is 12.9. The molecule has 0 atom stereocenters. The largest absolute Gasteiger partial charge is 0.497 e. The highest BCUT2D eigenvalue weighted by Crippen LogP contribution is 2.24. The van der Waals surface area contributed by atoms with E-state index in [1.54, 1.807) is 4.90 Å². The molecule has 2 aromatic rings. The highest BCUT2D eigenvalue weighted by atomic mass is 16.6. The molecule has 1 fully saturated rings. The van der Waals surface area contributed by atoms with E-state index in [-0.39, 0.29) is 23.3 Å². The molecule has 1 aliphatic heterocycles.